The second-order valence-electron chi connectivity index (χ2n) is 4.67. The van der Waals surface area contributed by atoms with Crippen LogP contribution in [0.4, 0.5) is 5.82 Å². The van der Waals surface area contributed by atoms with Gasteiger partial charge in [0.25, 0.3) is 0 Å². The van der Waals surface area contributed by atoms with Gasteiger partial charge in [0.15, 0.2) is 5.65 Å². The van der Waals surface area contributed by atoms with Crippen molar-refractivity contribution in [3.8, 4) is 0 Å². The van der Waals surface area contributed by atoms with E-state index in [0.29, 0.717) is 12.6 Å². The quantitative estimate of drug-likeness (QED) is 0.751. The van der Waals surface area contributed by atoms with Gasteiger partial charge in [0.1, 0.15) is 11.6 Å². The van der Waals surface area contributed by atoms with E-state index >= 15 is 0 Å². The van der Waals surface area contributed by atoms with Crippen LogP contribution < -0.4 is 5.32 Å². The Morgan fingerprint density at radius 1 is 1.32 bits per heavy atom. The Kier molecular flexibility index (Phi) is 2.91. The number of imidazole rings is 2. The van der Waals surface area contributed by atoms with Gasteiger partial charge in [-0.05, 0) is 26.0 Å². The Labute approximate surface area is 110 Å². The molecule has 3 heterocycles. The molecular formula is C13H16N6. The summed E-state index contributed by atoms with van der Waals surface area (Å²) in [5.41, 5.74) is 1.66. The molecule has 98 valence electrons. The van der Waals surface area contributed by atoms with Crippen LogP contribution in [-0.2, 0) is 6.54 Å². The third-order valence-corrected chi connectivity index (χ3v) is 3.01. The largest absolute Gasteiger partial charge is 0.363 e. The van der Waals surface area contributed by atoms with Crippen molar-refractivity contribution in [2.24, 2.45) is 0 Å². The van der Waals surface area contributed by atoms with Gasteiger partial charge in [-0.15, -0.1) is 0 Å². The summed E-state index contributed by atoms with van der Waals surface area (Å²) in [5, 5.41) is 3.28. The van der Waals surface area contributed by atoms with Crippen molar-refractivity contribution < 1.29 is 0 Å². The van der Waals surface area contributed by atoms with E-state index in [-0.39, 0.29) is 0 Å². The molecule has 0 atom stereocenters. The Hall–Kier alpha value is -2.37. The molecule has 0 aromatic carbocycles. The molecule has 3 rings (SSSR count). The summed E-state index contributed by atoms with van der Waals surface area (Å²) in [6.07, 6.45) is 5.46. The highest BCUT2D eigenvalue weighted by Crippen LogP contribution is 2.13. The molecule has 0 radical (unpaired) electrons. The molecule has 0 aliphatic carbocycles. The zero-order valence-electron chi connectivity index (χ0n) is 11.0. The highest BCUT2D eigenvalue weighted by atomic mass is 15.1. The summed E-state index contributed by atoms with van der Waals surface area (Å²) in [6.45, 7) is 4.92. The van der Waals surface area contributed by atoms with Crippen LogP contribution in [0.2, 0.25) is 0 Å². The second kappa shape index (κ2) is 4.72. The number of nitrogens with one attached hydrogen (secondary N) is 2. The smallest absolute Gasteiger partial charge is 0.179 e. The molecule has 0 aliphatic heterocycles. The zero-order valence-corrected chi connectivity index (χ0v) is 11.0. The predicted molar refractivity (Wildman–Crippen MR) is 73.8 cm³/mol. The van der Waals surface area contributed by atoms with Crippen molar-refractivity contribution in [3.63, 3.8) is 0 Å². The van der Waals surface area contributed by atoms with Crippen molar-refractivity contribution in [2.75, 3.05) is 5.32 Å². The Morgan fingerprint density at radius 2 is 2.21 bits per heavy atom. The van der Waals surface area contributed by atoms with Gasteiger partial charge < -0.3 is 14.9 Å². The highest BCUT2D eigenvalue weighted by Gasteiger charge is 2.06. The van der Waals surface area contributed by atoms with E-state index in [2.05, 4.69) is 43.7 Å². The van der Waals surface area contributed by atoms with Crippen LogP contribution in [0.5, 0.6) is 0 Å². The van der Waals surface area contributed by atoms with Gasteiger partial charge in [-0.25, -0.2) is 15.0 Å². The van der Waals surface area contributed by atoms with Crippen LogP contribution in [0.25, 0.3) is 11.2 Å². The van der Waals surface area contributed by atoms with Gasteiger partial charge in [0.05, 0.1) is 18.4 Å². The van der Waals surface area contributed by atoms with Gasteiger partial charge in [-0.1, -0.05) is 0 Å². The topological polar surface area (TPSA) is 71.4 Å². The van der Waals surface area contributed by atoms with E-state index < -0.39 is 0 Å². The molecule has 3 aromatic heterocycles. The first-order valence-corrected chi connectivity index (χ1v) is 6.30. The standard InChI is InChI=1S/C13H16N6/c1-9(2)19-6-5-14-12(19)7-15-11-4-3-10-13(18-11)17-8-16-10/h3-6,8-9H,7H2,1-2H3,(H2,15,16,17,18). The average molecular weight is 256 g/mol. The van der Waals surface area contributed by atoms with Crippen LogP contribution in [0.3, 0.4) is 0 Å². The molecule has 6 heteroatoms. The van der Waals surface area contributed by atoms with Crippen molar-refractivity contribution in [3.05, 3.63) is 36.7 Å². The molecule has 0 aliphatic rings. The van der Waals surface area contributed by atoms with Crippen molar-refractivity contribution in [2.45, 2.75) is 26.4 Å². The van der Waals surface area contributed by atoms with Crippen LogP contribution in [0.1, 0.15) is 25.7 Å². The number of aromatic amines is 1. The molecule has 0 fully saturated rings. The fourth-order valence-corrected chi connectivity index (χ4v) is 2.04. The molecule has 6 nitrogen and oxygen atoms in total. The van der Waals surface area contributed by atoms with Gasteiger partial charge in [-0.2, -0.15) is 0 Å². The Balaban J connectivity index is 1.76. The minimum Gasteiger partial charge on any atom is -0.363 e. The maximum Gasteiger partial charge on any atom is 0.179 e. The van der Waals surface area contributed by atoms with Crippen molar-refractivity contribution in [1.29, 1.82) is 0 Å². The van der Waals surface area contributed by atoms with E-state index in [1.165, 1.54) is 0 Å². The molecule has 0 amide bonds. The monoisotopic (exact) mass is 256 g/mol. The zero-order chi connectivity index (χ0) is 13.2. The number of aromatic nitrogens is 5. The van der Waals surface area contributed by atoms with Gasteiger partial charge in [-0.3, -0.25) is 0 Å². The number of rotatable bonds is 4. The van der Waals surface area contributed by atoms with Gasteiger partial charge >= 0.3 is 0 Å². The molecule has 0 spiro atoms. The minimum absolute atomic E-state index is 0.404. The van der Waals surface area contributed by atoms with E-state index in [0.717, 1.165) is 22.8 Å². The maximum atomic E-state index is 4.42. The SMILES string of the molecule is CC(C)n1ccnc1CNc1ccc2[nH]cnc2n1. The number of hydrogen-bond acceptors (Lipinski definition) is 4. The highest BCUT2D eigenvalue weighted by molar-refractivity contribution is 5.71. The Morgan fingerprint density at radius 3 is 3.05 bits per heavy atom. The summed E-state index contributed by atoms with van der Waals surface area (Å²) < 4.78 is 2.14. The van der Waals surface area contributed by atoms with Crippen molar-refractivity contribution >= 4 is 17.0 Å². The molecule has 0 saturated carbocycles. The number of hydrogen-bond donors (Lipinski definition) is 2. The summed E-state index contributed by atoms with van der Waals surface area (Å²) in [6, 6.07) is 4.30. The number of nitrogens with zero attached hydrogens (tertiary/aromatic N) is 4. The van der Waals surface area contributed by atoms with E-state index in [4.69, 9.17) is 0 Å². The fraction of sp³-hybridized carbons (Fsp3) is 0.308. The molecule has 2 N–H and O–H groups in total. The summed E-state index contributed by atoms with van der Waals surface area (Å²) in [4.78, 5) is 15.9. The first-order chi connectivity index (χ1) is 9.24. The third kappa shape index (κ3) is 2.29. The predicted octanol–water partition coefficient (Wildman–Crippen LogP) is 2.35. The van der Waals surface area contributed by atoms with E-state index in [1.807, 2.05) is 24.5 Å². The molecule has 0 unspecified atom stereocenters. The number of anilines is 1. The van der Waals surface area contributed by atoms with Crippen LogP contribution >= 0.6 is 0 Å². The van der Waals surface area contributed by atoms with E-state index in [1.54, 1.807) is 6.33 Å². The van der Waals surface area contributed by atoms with Gasteiger partial charge in [0.2, 0.25) is 0 Å². The second-order valence-corrected chi connectivity index (χ2v) is 4.67. The van der Waals surface area contributed by atoms with E-state index in [9.17, 15) is 0 Å². The summed E-state index contributed by atoms with van der Waals surface area (Å²) >= 11 is 0. The molecular weight excluding hydrogens is 240 g/mol. The minimum atomic E-state index is 0.404. The lowest BCUT2D eigenvalue weighted by Gasteiger charge is -2.12. The molecule has 3 aromatic rings. The van der Waals surface area contributed by atoms with Gasteiger partial charge in [0, 0.05) is 18.4 Å². The molecule has 0 bridgehead atoms. The average Bonchev–Trinajstić information content (AvgIpc) is 3.04. The third-order valence-electron chi connectivity index (χ3n) is 3.01. The van der Waals surface area contributed by atoms with Crippen LogP contribution in [0.15, 0.2) is 30.9 Å². The fourth-order valence-electron chi connectivity index (χ4n) is 2.04. The summed E-state index contributed by atoms with van der Waals surface area (Å²) in [7, 11) is 0. The summed E-state index contributed by atoms with van der Waals surface area (Å²) in [5.74, 6) is 1.80. The normalized spacial score (nSPS) is 11.3. The number of pyridine rings is 1. The molecule has 19 heavy (non-hydrogen) atoms. The van der Waals surface area contributed by atoms with Crippen LogP contribution in [-0.4, -0.2) is 24.5 Å². The number of H-pyrrole nitrogens is 1. The number of fused-ring (bicyclic) bond motifs is 1. The Bertz CT molecular complexity index is 681. The lowest BCUT2D eigenvalue weighted by atomic mass is 10.3. The lowest BCUT2D eigenvalue weighted by Crippen LogP contribution is -2.10. The lowest BCUT2D eigenvalue weighted by molar-refractivity contribution is 0.572. The molecule has 0 saturated heterocycles. The van der Waals surface area contributed by atoms with Crippen LogP contribution in [0, 0.1) is 0 Å². The first kappa shape index (κ1) is 11.7. The van der Waals surface area contributed by atoms with Crippen molar-refractivity contribution in [1.82, 2.24) is 24.5 Å². The first-order valence-electron chi connectivity index (χ1n) is 6.30. The maximum absolute atomic E-state index is 4.42.